The summed E-state index contributed by atoms with van der Waals surface area (Å²) in [6.45, 7) is 2.17. The maximum Gasteiger partial charge on any atom is 0.266 e. The molecule has 0 aliphatic rings. The molecule has 0 N–H and O–H groups in total. The van der Waals surface area contributed by atoms with E-state index in [4.69, 9.17) is 9.72 Å². The summed E-state index contributed by atoms with van der Waals surface area (Å²) in [5.41, 5.74) is 1.45. The summed E-state index contributed by atoms with van der Waals surface area (Å²) >= 11 is 0. The molecule has 3 aromatic rings. The number of benzene rings is 2. The number of hydrogen-bond acceptors (Lipinski definition) is 3. The van der Waals surface area contributed by atoms with Crippen molar-refractivity contribution in [2.45, 2.75) is 32.6 Å². The molecule has 3 rings (SSSR count). The molecule has 2 aromatic carbocycles. The van der Waals surface area contributed by atoms with Gasteiger partial charge in [-0.25, -0.2) is 4.98 Å². The molecule has 0 aliphatic carbocycles. The van der Waals surface area contributed by atoms with Gasteiger partial charge in [-0.1, -0.05) is 44.0 Å². The highest BCUT2D eigenvalue weighted by Gasteiger charge is 2.15. The van der Waals surface area contributed by atoms with E-state index in [2.05, 4.69) is 6.92 Å². The van der Waals surface area contributed by atoms with Gasteiger partial charge in [-0.05, 0) is 30.7 Å². The Morgan fingerprint density at radius 2 is 1.79 bits per heavy atom. The molecule has 0 aliphatic heterocycles. The van der Waals surface area contributed by atoms with E-state index in [0.717, 1.165) is 42.7 Å². The summed E-state index contributed by atoms with van der Waals surface area (Å²) in [6.07, 6.45) is 4.03. The first kappa shape index (κ1) is 16.2. The van der Waals surface area contributed by atoms with Crippen molar-refractivity contribution >= 4 is 10.9 Å². The Balaban J connectivity index is 2.25. The van der Waals surface area contributed by atoms with Crippen molar-refractivity contribution in [3.05, 3.63) is 64.7 Å². The van der Waals surface area contributed by atoms with E-state index in [1.807, 2.05) is 48.5 Å². The Morgan fingerprint density at radius 1 is 1.04 bits per heavy atom. The minimum absolute atomic E-state index is 0.0448. The third-order valence-electron chi connectivity index (χ3n) is 4.18. The van der Waals surface area contributed by atoms with E-state index in [1.54, 1.807) is 11.7 Å². The van der Waals surface area contributed by atoms with Gasteiger partial charge in [0, 0.05) is 6.42 Å². The molecule has 4 heteroatoms. The van der Waals surface area contributed by atoms with Gasteiger partial charge in [-0.2, -0.15) is 0 Å². The van der Waals surface area contributed by atoms with Crippen LogP contribution in [0.25, 0.3) is 16.6 Å². The molecule has 24 heavy (non-hydrogen) atoms. The van der Waals surface area contributed by atoms with Crippen LogP contribution in [0.15, 0.2) is 53.3 Å². The van der Waals surface area contributed by atoms with Gasteiger partial charge >= 0.3 is 0 Å². The number of rotatable bonds is 6. The SMILES string of the molecule is CCCCCc1nc2ccccc2c(=O)n1-c1ccccc1OC. The predicted octanol–water partition coefficient (Wildman–Crippen LogP) is 4.13. The molecule has 0 unspecified atom stereocenters. The van der Waals surface area contributed by atoms with Crippen molar-refractivity contribution in [2.24, 2.45) is 0 Å². The molecule has 0 atom stereocenters. The average molecular weight is 322 g/mol. The maximum atomic E-state index is 13.1. The summed E-state index contributed by atoms with van der Waals surface area (Å²) in [6, 6.07) is 15.1. The molecule has 0 saturated carbocycles. The zero-order valence-corrected chi connectivity index (χ0v) is 14.2. The Bertz CT molecular complexity index is 900. The fourth-order valence-electron chi connectivity index (χ4n) is 2.94. The highest BCUT2D eigenvalue weighted by molar-refractivity contribution is 5.78. The topological polar surface area (TPSA) is 44.1 Å². The number of fused-ring (bicyclic) bond motifs is 1. The highest BCUT2D eigenvalue weighted by atomic mass is 16.5. The van der Waals surface area contributed by atoms with E-state index >= 15 is 0 Å². The van der Waals surface area contributed by atoms with Crippen molar-refractivity contribution in [1.82, 2.24) is 9.55 Å². The number of unbranched alkanes of at least 4 members (excludes halogenated alkanes) is 2. The molecule has 124 valence electrons. The van der Waals surface area contributed by atoms with Crippen molar-refractivity contribution in [2.75, 3.05) is 7.11 Å². The van der Waals surface area contributed by atoms with Gasteiger partial charge in [-0.3, -0.25) is 9.36 Å². The van der Waals surface area contributed by atoms with E-state index < -0.39 is 0 Å². The Morgan fingerprint density at radius 3 is 2.58 bits per heavy atom. The molecule has 1 aromatic heterocycles. The molecule has 0 bridgehead atoms. The van der Waals surface area contributed by atoms with Crippen molar-refractivity contribution in [3.8, 4) is 11.4 Å². The monoisotopic (exact) mass is 322 g/mol. The zero-order chi connectivity index (χ0) is 16.9. The minimum atomic E-state index is -0.0448. The van der Waals surface area contributed by atoms with Gasteiger partial charge < -0.3 is 4.74 Å². The lowest BCUT2D eigenvalue weighted by atomic mass is 10.1. The second-order valence-corrected chi connectivity index (χ2v) is 5.81. The van der Waals surface area contributed by atoms with Crippen LogP contribution in [0.3, 0.4) is 0 Å². The second kappa shape index (κ2) is 7.30. The summed E-state index contributed by atoms with van der Waals surface area (Å²) in [5, 5.41) is 0.627. The van der Waals surface area contributed by atoms with Crippen molar-refractivity contribution in [3.63, 3.8) is 0 Å². The van der Waals surface area contributed by atoms with E-state index in [-0.39, 0.29) is 5.56 Å². The van der Waals surface area contributed by atoms with Crippen LogP contribution in [0.4, 0.5) is 0 Å². The lowest BCUT2D eigenvalue weighted by Gasteiger charge is -2.16. The zero-order valence-electron chi connectivity index (χ0n) is 14.2. The number of methoxy groups -OCH3 is 1. The predicted molar refractivity (Wildman–Crippen MR) is 97.1 cm³/mol. The minimum Gasteiger partial charge on any atom is -0.495 e. The molecule has 0 spiro atoms. The van der Waals surface area contributed by atoms with Gasteiger partial charge in [0.1, 0.15) is 11.6 Å². The second-order valence-electron chi connectivity index (χ2n) is 5.81. The average Bonchev–Trinajstić information content (AvgIpc) is 2.62. The summed E-state index contributed by atoms with van der Waals surface area (Å²) < 4.78 is 7.17. The maximum absolute atomic E-state index is 13.1. The van der Waals surface area contributed by atoms with Gasteiger partial charge in [0.05, 0.1) is 23.7 Å². The number of nitrogens with zero attached hydrogens (tertiary/aromatic N) is 2. The van der Waals surface area contributed by atoms with Gasteiger partial charge in [-0.15, -0.1) is 0 Å². The standard InChI is InChI=1S/C20H22N2O2/c1-3-4-5-14-19-21-16-11-7-6-10-15(16)20(23)22(19)17-12-8-9-13-18(17)24-2/h6-13H,3-5,14H2,1-2H3. The smallest absolute Gasteiger partial charge is 0.266 e. The van der Waals surface area contributed by atoms with Crippen LogP contribution in [0.5, 0.6) is 5.75 Å². The van der Waals surface area contributed by atoms with E-state index in [9.17, 15) is 4.79 Å². The molecular formula is C20H22N2O2. The third-order valence-corrected chi connectivity index (χ3v) is 4.18. The highest BCUT2D eigenvalue weighted by Crippen LogP contribution is 2.23. The van der Waals surface area contributed by atoms with Gasteiger partial charge in [0.2, 0.25) is 0 Å². The first-order valence-electron chi connectivity index (χ1n) is 8.40. The number of aryl methyl sites for hydroxylation is 1. The van der Waals surface area contributed by atoms with Crippen LogP contribution in [-0.2, 0) is 6.42 Å². The summed E-state index contributed by atoms with van der Waals surface area (Å²) in [7, 11) is 1.62. The van der Waals surface area contributed by atoms with Crippen LogP contribution < -0.4 is 10.3 Å². The van der Waals surface area contributed by atoms with Crippen LogP contribution in [-0.4, -0.2) is 16.7 Å². The summed E-state index contributed by atoms with van der Waals surface area (Å²) in [4.78, 5) is 17.9. The number of ether oxygens (including phenoxy) is 1. The van der Waals surface area contributed by atoms with Gasteiger partial charge in [0.15, 0.2) is 0 Å². The van der Waals surface area contributed by atoms with E-state index in [1.165, 1.54) is 0 Å². The fraction of sp³-hybridized carbons (Fsp3) is 0.300. The van der Waals surface area contributed by atoms with Crippen molar-refractivity contribution in [1.29, 1.82) is 0 Å². The fourth-order valence-corrected chi connectivity index (χ4v) is 2.94. The molecular weight excluding hydrogens is 300 g/mol. The Labute approximate surface area is 141 Å². The number of aromatic nitrogens is 2. The largest absolute Gasteiger partial charge is 0.495 e. The Kier molecular flexibility index (Phi) is 4.94. The first-order valence-corrected chi connectivity index (χ1v) is 8.40. The van der Waals surface area contributed by atoms with Crippen molar-refractivity contribution < 1.29 is 4.74 Å². The molecule has 4 nitrogen and oxygen atoms in total. The quantitative estimate of drug-likeness (QED) is 0.641. The molecule has 1 heterocycles. The molecule has 0 amide bonds. The molecule has 0 radical (unpaired) electrons. The number of para-hydroxylation sites is 3. The van der Waals surface area contributed by atoms with E-state index in [0.29, 0.717) is 11.1 Å². The van der Waals surface area contributed by atoms with Crippen LogP contribution in [0, 0.1) is 0 Å². The first-order chi connectivity index (χ1) is 11.8. The summed E-state index contributed by atoms with van der Waals surface area (Å²) in [5.74, 6) is 1.46. The van der Waals surface area contributed by atoms with Crippen LogP contribution >= 0.6 is 0 Å². The Hall–Kier alpha value is -2.62. The normalized spacial score (nSPS) is 10.9. The molecule has 0 fully saturated rings. The van der Waals surface area contributed by atoms with Gasteiger partial charge in [0.25, 0.3) is 5.56 Å². The van der Waals surface area contributed by atoms with Crippen LogP contribution in [0.1, 0.15) is 32.0 Å². The third kappa shape index (κ3) is 3.04. The lowest BCUT2D eigenvalue weighted by Crippen LogP contribution is -2.24. The molecule has 0 saturated heterocycles. The van der Waals surface area contributed by atoms with Crippen LogP contribution in [0.2, 0.25) is 0 Å². The number of hydrogen-bond donors (Lipinski definition) is 0. The lowest BCUT2D eigenvalue weighted by molar-refractivity contribution is 0.412.